The van der Waals surface area contributed by atoms with E-state index in [1.807, 2.05) is 11.8 Å². The van der Waals surface area contributed by atoms with Crippen molar-refractivity contribution in [3.63, 3.8) is 0 Å². The van der Waals surface area contributed by atoms with Crippen molar-refractivity contribution in [3.8, 4) is 0 Å². The quantitative estimate of drug-likeness (QED) is 0.673. The summed E-state index contributed by atoms with van der Waals surface area (Å²) in [5.74, 6) is 1.16. The van der Waals surface area contributed by atoms with Crippen LogP contribution in [0.3, 0.4) is 0 Å². The lowest BCUT2D eigenvalue weighted by atomic mass is 9.67. The molecule has 2 nitrogen and oxygen atoms in total. The summed E-state index contributed by atoms with van der Waals surface area (Å²) < 4.78 is 0. The molecule has 2 aliphatic rings. The van der Waals surface area contributed by atoms with Crippen molar-refractivity contribution in [3.05, 3.63) is 0 Å². The van der Waals surface area contributed by atoms with Crippen LogP contribution in [0, 0.1) is 5.41 Å². The normalized spacial score (nSPS) is 32.5. The molecule has 3 heteroatoms. The van der Waals surface area contributed by atoms with Crippen molar-refractivity contribution in [2.45, 2.75) is 32.7 Å². The standard InChI is InChI=1S/C9H16N2S/c1-9(2)4-3-7(9)11-8-10-5-6-12-8/h7H,3-6H2,1-2H3,(H,10,11). The molecule has 1 aliphatic carbocycles. The Morgan fingerprint density at radius 3 is 2.83 bits per heavy atom. The molecule has 1 saturated carbocycles. The number of amidine groups is 1. The van der Waals surface area contributed by atoms with Gasteiger partial charge >= 0.3 is 0 Å². The van der Waals surface area contributed by atoms with Gasteiger partial charge in [0, 0.05) is 11.8 Å². The zero-order chi connectivity index (χ0) is 8.60. The first kappa shape index (κ1) is 8.42. The average Bonchev–Trinajstić information content (AvgIpc) is 2.50. The Hall–Kier alpha value is -0.180. The lowest BCUT2D eigenvalue weighted by Gasteiger charge is -2.45. The van der Waals surface area contributed by atoms with Crippen LogP contribution >= 0.6 is 11.8 Å². The Morgan fingerprint density at radius 1 is 1.58 bits per heavy atom. The minimum atomic E-state index is 0.492. The molecule has 2 rings (SSSR count). The summed E-state index contributed by atoms with van der Waals surface area (Å²) in [5, 5.41) is 4.69. The molecule has 0 spiro atoms. The van der Waals surface area contributed by atoms with Crippen molar-refractivity contribution < 1.29 is 0 Å². The lowest BCUT2D eigenvalue weighted by Crippen LogP contribution is -2.51. The third-order valence-electron chi connectivity index (χ3n) is 2.90. The number of nitrogens with zero attached hydrogens (tertiary/aromatic N) is 1. The first-order valence-electron chi connectivity index (χ1n) is 4.62. The highest BCUT2D eigenvalue weighted by Gasteiger charge is 2.38. The molecule has 1 fully saturated rings. The third kappa shape index (κ3) is 1.47. The fourth-order valence-corrected chi connectivity index (χ4v) is 2.49. The van der Waals surface area contributed by atoms with Crippen LogP contribution in [0.15, 0.2) is 4.99 Å². The van der Waals surface area contributed by atoms with Gasteiger partial charge in [-0.05, 0) is 18.3 Å². The molecule has 0 radical (unpaired) electrons. The molecular formula is C9H16N2S. The summed E-state index contributed by atoms with van der Waals surface area (Å²) >= 11 is 1.86. The molecule has 68 valence electrons. The van der Waals surface area contributed by atoms with Gasteiger partial charge in [0.25, 0.3) is 0 Å². The minimum Gasteiger partial charge on any atom is -0.362 e. The van der Waals surface area contributed by atoms with Crippen molar-refractivity contribution in [2.75, 3.05) is 12.3 Å². The molecule has 1 N–H and O–H groups in total. The molecule has 1 atom stereocenters. The van der Waals surface area contributed by atoms with Gasteiger partial charge < -0.3 is 5.32 Å². The predicted molar refractivity (Wildman–Crippen MR) is 54.7 cm³/mol. The van der Waals surface area contributed by atoms with Crippen molar-refractivity contribution >= 4 is 16.9 Å². The largest absolute Gasteiger partial charge is 0.362 e. The van der Waals surface area contributed by atoms with E-state index in [1.165, 1.54) is 18.0 Å². The van der Waals surface area contributed by atoms with E-state index in [0.717, 1.165) is 12.3 Å². The monoisotopic (exact) mass is 184 g/mol. The molecule has 0 amide bonds. The zero-order valence-electron chi connectivity index (χ0n) is 7.76. The second kappa shape index (κ2) is 2.95. The number of nitrogens with one attached hydrogen (secondary N) is 1. The summed E-state index contributed by atoms with van der Waals surface area (Å²) in [6.07, 6.45) is 2.66. The third-order valence-corrected chi connectivity index (χ3v) is 3.81. The van der Waals surface area contributed by atoms with E-state index in [1.54, 1.807) is 0 Å². The van der Waals surface area contributed by atoms with Gasteiger partial charge in [-0.3, -0.25) is 4.99 Å². The van der Waals surface area contributed by atoms with Gasteiger partial charge in [0.05, 0.1) is 6.54 Å². The summed E-state index contributed by atoms with van der Waals surface area (Å²) in [5.41, 5.74) is 0.492. The fourth-order valence-electron chi connectivity index (χ4n) is 1.71. The topological polar surface area (TPSA) is 24.4 Å². The number of rotatable bonds is 1. The highest BCUT2D eigenvalue weighted by Crippen LogP contribution is 2.40. The summed E-state index contributed by atoms with van der Waals surface area (Å²) in [6, 6.07) is 0.668. The van der Waals surface area contributed by atoms with Crippen molar-refractivity contribution in [1.82, 2.24) is 5.32 Å². The van der Waals surface area contributed by atoms with Gasteiger partial charge in [-0.1, -0.05) is 25.6 Å². The average molecular weight is 184 g/mol. The van der Waals surface area contributed by atoms with Crippen LogP contribution < -0.4 is 5.32 Å². The Balaban J connectivity index is 1.87. The van der Waals surface area contributed by atoms with Crippen LogP contribution in [0.25, 0.3) is 0 Å². The number of aliphatic imine (C=N–C) groups is 1. The molecule has 0 bridgehead atoms. The van der Waals surface area contributed by atoms with E-state index in [9.17, 15) is 0 Å². The Kier molecular flexibility index (Phi) is 2.07. The molecule has 0 saturated heterocycles. The van der Waals surface area contributed by atoms with Crippen LogP contribution in [0.1, 0.15) is 26.7 Å². The predicted octanol–water partition coefficient (Wildman–Crippen LogP) is 1.87. The highest BCUT2D eigenvalue weighted by atomic mass is 32.2. The molecule has 1 aliphatic heterocycles. The van der Waals surface area contributed by atoms with Crippen LogP contribution in [-0.2, 0) is 0 Å². The Bertz CT molecular complexity index is 211. The maximum Gasteiger partial charge on any atom is 0.156 e. The molecule has 1 heterocycles. The smallest absolute Gasteiger partial charge is 0.156 e. The van der Waals surface area contributed by atoms with Crippen LogP contribution in [0.4, 0.5) is 0 Å². The van der Waals surface area contributed by atoms with Gasteiger partial charge in [0.2, 0.25) is 0 Å². The van der Waals surface area contributed by atoms with E-state index in [4.69, 9.17) is 0 Å². The molecule has 0 aromatic rings. The van der Waals surface area contributed by atoms with Gasteiger partial charge in [0.1, 0.15) is 0 Å². The van der Waals surface area contributed by atoms with Gasteiger partial charge in [-0.25, -0.2) is 0 Å². The van der Waals surface area contributed by atoms with Crippen LogP contribution in [0.5, 0.6) is 0 Å². The second-order valence-corrected chi connectivity index (χ2v) is 5.34. The molecule has 0 aromatic heterocycles. The lowest BCUT2D eigenvalue weighted by molar-refractivity contribution is 0.127. The number of thioether (sulfide) groups is 1. The SMILES string of the molecule is CC1(C)CCC1NC1=NCCS1. The van der Waals surface area contributed by atoms with Crippen LogP contribution in [-0.4, -0.2) is 23.5 Å². The van der Waals surface area contributed by atoms with Crippen LogP contribution in [0.2, 0.25) is 0 Å². The Morgan fingerprint density at radius 2 is 2.42 bits per heavy atom. The maximum atomic E-state index is 4.39. The van der Waals surface area contributed by atoms with Gasteiger partial charge in [-0.15, -0.1) is 0 Å². The first-order chi connectivity index (χ1) is 5.68. The molecular weight excluding hydrogens is 168 g/mol. The van der Waals surface area contributed by atoms with Gasteiger partial charge in [-0.2, -0.15) is 0 Å². The molecule has 0 aromatic carbocycles. The van der Waals surface area contributed by atoms with E-state index in [2.05, 4.69) is 24.2 Å². The van der Waals surface area contributed by atoms with Crippen molar-refractivity contribution in [1.29, 1.82) is 0 Å². The number of hydrogen-bond acceptors (Lipinski definition) is 3. The highest BCUT2D eigenvalue weighted by molar-refractivity contribution is 8.14. The minimum absolute atomic E-state index is 0.492. The van der Waals surface area contributed by atoms with E-state index < -0.39 is 0 Å². The summed E-state index contributed by atoms with van der Waals surface area (Å²) in [4.78, 5) is 4.39. The van der Waals surface area contributed by atoms with E-state index >= 15 is 0 Å². The fraction of sp³-hybridized carbons (Fsp3) is 0.889. The summed E-state index contributed by atoms with van der Waals surface area (Å²) in [7, 11) is 0. The summed E-state index contributed by atoms with van der Waals surface area (Å²) in [6.45, 7) is 5.66. The molecule has 12 heavy (non-hydrogen) atoms. The van der Waals surface area contributed by atoms with E-state index in [-0.39, 0.29) is 0 Å². The van der Waals surface area contributed by atoms with Gasteiger partial charge in [0.15, 0.2) is 5.17 Å². The number of hydrogen-bond donors (Lipinski definition) is 1. The Labute approximate surface area is 78.2 Å². The first-order valence-corrected chi connectivity index (χ1v) is 5.61. The zero-order valence-corrected chi connectivity index (χ0v) is 8.58. The second-order valence-electron chi connectivity index (χ2n) is 4.26. The molecule has 1 unspecified atom stereocenters. The maximum absolute atomic E-state index is 4.39. The van der Waals surface area contributed by atoms with E-state index in [0.29, 0.717) is 11.5 Å². The van der Waals surface area contributed by atoms with Crippen molar-refractivity contribution in [2.24, 2.45) is 10.4 Å².